The Bertz CT molecular complexity index is 1300. The van der Waals surface area contributed by atoms with Crippen LogP contribution in [0.5, 0.6) is 0 Å². The fourth-order valence-corrected chi connectivity index (χ4v) is 4.01. The number of nitrogens with one attached hydrogen (secondary N) is 2. The van der Waals surface area contributed by atoms with Crippen molar-refractivity contribution in [1.29, 1.82) is 0 Å². The predicted molar refractivity (Wildman–Crippen MR) is 130 cm³/mol. The monoisotopic (exact) mass is 469 g/mol. The Morgan fingerprint density at radius 1 is 1.00 bits per heavy atom. The number of aromatic nitrogens is 1. The van der Waals surface area contributed by atoms with E-state index < -0.39 is 24.0 Å². The maximum atomic E-state index is 12.5. The zero-order valence-corrected chi connectivity index (χ0v) is 18.9. The second-order valence-corrected chi connectivity index (χ2v) is 7.85. The standard InChI is InChI=1S/C27H23N3O5/c1-2-3-13-23(26(32)33)29-25(31)22-14-8-15-24(28-22)30-27(34)35-16-21-19-11-6-4-9-17(19)18-10-5-7-12-20(18)21/h4-12,14-15,21,23H,13,16H2,1H3,(H,29,31)(H,32,33)(H,28,30,34). The van der Waals surface area contributed by atoms with Crippen LogP contribution < -0.4 is 10.6 Å². The van der Waals surface area contributed by atoms with Gasteiger partial charge in [0.15, 0.2) is 0 Å². The molecule has 2 amide bonds. The van der Waals surface area contributed by atoms with Crippen molar-refractivity contribution in [3.8, 4) is 23.0 Å². The van der Waals surface area contributed by atoms with Crippen LogP contribution in [-0.2, 0) is 9.53 Å². The Morgan fingerprint density at radius 2 is 1.66 bits per heavy atom. The van der Waals surface area contributed by atoms with Gasteiger partial charge in [-0.3, -0.25) is 10.1 Å². The van der Waals surface area contributed by atoms with Crippen LogP contribution in [0.1, 0.15) is 40.9 Å². The Hall–Kier alpha value is -4.64. The molecular formula is C27H23N3O5. The van der Waals surface area contributed by atoms with Crippen molar-refractivity contribution in [2.75, 3.05) is 11.9 Å². The maximum absolute atomic E-state index is 12.5. The molecule has 1 aliphatic carbocycles. The molecule has 176 valence electrons. The summed E-state index contributed by atoms with van der Waals surface area (Å²) < 4.78 is 5.50. The zero-order chi connectivity index (χ0) is 24.8. The smallest absolute Gasteiger partial charge is 0.412 e. The van der Waals surface area contributed by atoms with Crippen molar-refractivity contribution in [3.63, 3.8) is 0 Å². The van der Waals surface area contributed by atoms with Gasteiger partial charge in [-0.15, -0.1) is 11.8 Å². The fraction of sp³-hybridized carbons (Fsp3) is 0.185. The predicted octanol–water partition coefficient (Wildman–Crippen LogP) is 4.04. The maximum Gasteiger partial charge on any atom is 0.412 e. The quantitative estimate of drug-likeness (QED) is 0.450. The van der Waals surface area contributed by atoms with E-state index in [1.165, 1.54) is 18.2 Å². The lowest BCUT2D eigenvalue weighted by atomic mass is 9.98. The molecule has 0 fully saturated rings. The number of carbonyl (C=O) groups is 3. The number of carboxylic acid groups (broad SMARTS) is 1. The van der Waals surface area contributed by atoms with E-state index in [1.807, 2.05) is 36.4 Å². The average Bonchev–Trinajstić information content (AvgIpc) is 3.19. The molecule has 0 saturated carbocycles. The van der Waals surface area contributed by atoms with Crippen LogP contribution in [-0.4, -0.2) is 40.7 Å². The van der Waals surface area contributed by atoms with Gasteiger partial charge in [0.2, 0.25) is 0 Å². The Kier molecular flexibility index (Phi) is 7.07. The van der Waals surface area contributed by atoms with E-state index in [4.69, 9.17) is 4.74 Å². The summed E-state index contributed by atoms with van der Waals surface area (Å²) in [7, 11) is 0. The number of carbonyl (C=O) groups excluding carboxylic acids is 2. The van der Waals surface area contributed by atoms with Crippen molar-refractivity contribution in [3.05, 3.63) is 83.6 Å². The number of benzene rings is 2. The summed E-state index contributed by atoms with van der Waals surface area (Å²) in [5, 5.41) is 14.2. The van der Waals surface area contributed by atoms with Crippen LogP contribution in [0.25, 0.3) is 11.1 Å². The SMILES string of the molecule is CC#CCC(NC(=O)c1cccc(NC(=O)OCC2c3ccccc3-c3ccccc32)n1)C(=O)O. The number of nitrogens with zero attached hydrogens (tertiary/aromatic N) is 1. The number of rotatable bonds is 7. The lowest BCUT2D eigenvalue weighted by Gasteiger charge is -2.15. The molecule has 4 rings (SSSR count). The molecule has 1 unspecified atom stereocenters. The zero-order valence-electron chi connectivity index (χ0n) is 18.9. The van der Waals surface area contributed by atoms with Crippen molar-refractivity contribution in [2.45, 2.75) is 25.3 Å². The Labute approximate surface area is 202 Å². The van der Waals surface area contributed by atoms with Crippen molar-refractivity contribution >= 4 is 23.8 Å². The third-order valence-electron chi connectivity index (χ3n) is 5.64. The number of anilines is 1. The summed E-state index contributed by atoms with van der Waals surface area (Å²) >= 11 is 0. The normalized spacial score (nSPS) is 12.4. The van der Waals surface area contributed by atoms with E-state index in [0.717, 1.165) is 22.3 Å². The highest BCUT2D eigenvalue weighted by Crippen LogP contribution is 2.44. The van der Waals surface area contributed by atoms with Crippen LogP contribution in [0.3, 0.4) is 0 Å². The molecule has 0 aliphatic heterocycles. The minimum atomic E-state index is -1.20. The lowest BCUT2D eigenvalue weighted by Crippen LogP contribution is -2.40. The summed E-state index contributed by atoms with van der Waals surface area (Å²) in [6.07, 6.45) is -0.742. The molecule has 0 radical (unpaired) electrons. The van der Waals surface area contributed by atoms with Crippen LogP contribution in [0.2, 0.25) is 0 Å². The summed E-state index contributed by atoms with van der Waals surface area (Å²) in [6.45, 7) is 1.72. The number of ether oxygens (including phenoxy) is 1. The van der Waals surface area contributed by atoms with Crippen molar-refractivity contribution in [2.24, 2.45) is 0 Å². The third-order valence-corrected chi connectivity index (χ3v) is 5.64. The highest BCUT2D eigenvalue weighted by atomic mass is 16.5. The molecule has 1 heterocycles. The topological polar surface area (TPSA) is 118 Å². The van der Waals surface area contributed by atoms with Gasteiger partial charge in [-0.05, 0) is 41.3 Å². The van der Waals surface area contributed by atoms with Gasteiger partial charge in [-0.25, -0.2) is 14.6 Å². The molecule has 3 aromatic rings. The number of amides is 2. The number of hydrogen-bond acceptors (Lipinski definition) is 5. The van der Waals surface area contributed by atoms with E-state index in [0.29, 0.717) is 0 Å². The number of carboxylic acids is 1. The molecule has 1 atom stereocenters. The minimum Gasteiger partial charge on any atom is -0.480 e. The van der Waals surface area contributed by atoms with Gasteiger partial charge in [0, 0.05) is 12.3 Å². The molecule has 0 spiro atoms. The first-order chi connectivity index (χ1) is 17.0. The van der Waals surface area contributed by atoms with E-state index in [9.17, 15) is 19.5 Å². The highest BCUT2D eigenvalue weighted by Gasteiger charge is 2.29. The average molecular weight is 469 g/mol. The summed E-state index contributed by atoms with van der Waals surface area (Å²) in [5.41, 5.74) is 4.40. The molecule has 8 heteroatoms. The van der Waals surface area contributed by atoms with E-state index in [2.05, 4.69) is 39.6 Å². The van der Waals surface area contributed by atoms with Gasteiger partial charge in [0.1, 0.15) is 24.2 Å². The largest absolute Gasteiger partial charge is 0.480 e. The number of aliphatic carboxylic acids is 1. The van der Waals surface area contributed by atoms with Crippen LogP contribution >= 0.6 is 0 Å². The van der Waals surface area contributed by atoms with Crippen molar-refractivity contribution in [1.82, 2.24) is 10.3 Å². The first-order valence-corrected chi connectivity index (χ1v) is 11.0. The molecule has 2 aromatic carbocycles. The number of fused-ring (bicyclic) bond motifs is 3. The number of hydrogen-bond donors (Lipinski definition) is 3. The molecule has 1 aromatic heterocycles. The summed E-state index contributed by atoms with van der Waals surface area (Å²) in [5.74, 6) is 3.36. The van der Waals surface area contributed by atoms with Crippen molar-refractivity contribution < 1.29 is 24.2 Å². The summed E-state index contributed by atoms with van der Waals surface area (Å²) in [6, 6.07) is 19.3. The van der Waals surface area contributed by atoms with Gasteiger partial charge in [-0.2, -0.15) is 0 Å². The molecular weight excluding hydrogens is 446 g/mol. The van der Waals surface area contributed by atoms with E-state index in [1.54, 1.807) is 6.92 Å². The van der Waals surface area contributed by atoms with Gasteiger partial charge in [-0.1, -0.05) is 54.6 Å². The first kappa shape index (κ1) is 23.5. The highest BCUT2D eigenvalue weighted by molar-refractivity contribution is 5.95. The Morgan fingerprint density at radius 3 is 2.29 bits per heavy atom. The Balaban J connectivity index is 1.40. The van der Waals surface area contributed by atoms with Crippen LogP contribution in [0.15, 0.2) is 66.7 Å². The number of pyridine rings is 1. The minimum absolute atomic E-state index is 0.0325. The van der Waals surface area contributed by atoms with Gasteiger partial charge in [0.25, 0.3) is 5.91 Å². The fourth-order valence-electron chi connectivity index (χ4n) is 4.01. The van der Waals surface area contributed by atoms with Gasteiger partial charge < -0.3 is 15.2 Å². The molecule has 8 nitrogen and oxygen atoms in total. The molecule has 0 saturated heterocycles. The molecule has 0 bridgehead atoms. The van der Waals surface area contributed by atoms with Crippen LogP contribution in [0, 0.1) is 11.8 Å². The molecule has 1 aliphatic rings. The van der Waals surface area contributed by atoms with Crippen LogP contribution in [0.4, 0.5) is 10.6 Å². The summed E-state index contributed by atoms with van der Waals surface area (Å²) in [4.78, 5) is 40.4. The molecule has 35 heavy (non-hydrogen) atoms. The second kappa shape index (κ2) is 10.5. The van der Waals surface area contributed by atoms with Gasteiger partial charge >= 0.3 is 12.1 Å². The van der Waals surface area contributed by atoms with E-state index in [-0.39, 0.29) is 30.5 Å². The van der Waals surface area contributed by atoms with Gasteiger partial charge in [0.05, 0.1) is 0 Å². The second-order valence-electron chi connectivity index (χ2n) is 7.85. The third kappa shape index (κ3) is 5.31. The van der Waals surface area contributed by atoms with E-state index >= 15 is 0 Å². The first-order valence-electron chi connectivity index (χ1n) is 11.0. The molecule has 3 N–H and O–H groups in total. The lowest BCUT2D eigenvalue weighted by molar-refractivity contribution is -0.139.